The summed E-state index contributed by atoms with van der Waals surface area (Å²) in [4.78, 5) is 34.8. The minimum absolute atomic E-state index is 0.375. The predicted octanol–water partition coefficient (Wildman–Crippen LogP) is -0.135. The maximum absolute atomic E-state index is 12.0. The van der Waals surface area contributed by atoms with E-state index in [1.54, 1.807) is 24.3 Å². The lowest BCUT2D eigenvalue weighted by Crippen LogP contribution is -2.41. The highest BCUT2D eigenvalue weighted by Gasteiger charge is 2.48. The lowest BCUT2D eigenvalue weighted by Gasteiger charge is -2.20. The number of aliphatic hydroxyl groups is 2. The summed E-state index contributed by atoms with van der Waals surface area (Å²) >= 11 is 3.24. The molecule has 118 valence electrons. The number of esters is 1. The summed E-state index contributed by atoms with van der Waals surface area (Å²) in [6.45, 7) is -1.16. The fourth-order valence-corrected chi connectivity index (χ4v) is 2.21. The van der Waals surface area contributed by atoms with Crippen LogP contribution in [0.25, 0.3) is 0 Å². The second-order valence-electron chi connectivity index (χ2n) is 4.65. The van der Waals surface area contributed by atoms with Crippen molar-refractivity contribution in [1.82, 2.24) is 0 Å². The molecule has 1 fully saturated rings. The van der Waals surface area contributed by atoms with Gasteiger partial charge in [-0.1, -0.05) is 28.1 Å². The molecule has 8 heteroatoms. The first-order valence-electron chi connectivity index (χ1n) is 6.38. The third kappa shape index (κ3) is 3.58. The van der Waals surface area contributed by atoms with Gasteiger partial charge >= 0.3 is 5.97 Å². The van der Waals surface area contributed by atoms with Crippen LogP contribution in [0.1, 0.15) is 10.4 Å². The van der Waals surface area contributed by atoms with E-state index >= 15 is 0 Å². The van der Waals surface area contributed by atoms with Gasteiger partial charge in [-0.15, -0.1) is 0 Å². The Morgan fingerprint density at radius 3 is 2.55 bits per heavy atom. The van der Waals surface area contributed by atoms with Gasteiger partial charge in [0.2, 0.25) is 0 Å². The van der Waals surface area contributed by atoms with Crippen LogP contribution in [0.3, 0.4) is 0 Å². The van der Waals surface area contributed by atoms with Crippen LogP contribution >= 0.6 is 15.9 Å². The van der Waals surface area contributed by atoms with Gasteiger partial charge in [0.1, 0.15) is 12.7 Å². The molecule has 0 radical (unpaired) electrons. The molecule has 0 bridgehead atoms. The molecule has 7 nitrogen and oxygen atoms in total. The number of carbonyl (C=O) groups is 3. The maximum atomic E-state index is 12.0. The Kier molecular flexibility index (Phi) is 5.41. The van der Waals surface area contributed by atoms with Crippen LogP contribution in [0, 0.1) is 0 Å². The summed E-state index contributed by atoms with van der Waals surface area (Å²) in [5.41, 5.74) is 0.375. The zero-order chi connectivity index (χ0) is 16.3. The first kappa shape index (κ1) is 16.8. The second kappa shape index (κ2) is 7.10. The van der Waals surface area contributed by atoms with Gasteiger partial charge in [-0.3, -0.25) is 9.59 Å². The van der Waals surface area contributed by atoms with Gasteiger partial charge in [0, 0.05) is 10.0 Å². The smallest absolute Gasteiger partial charge is 0.378 e. The Hall–Kier alpha value is -1.61. The highest BCUT2D eigenvalue weighted by atomic mass is 79.9. The van der Waals surface area contributed by atoms with Gasteiger partial charge in [0.25, 0.3) is 5.78 Å². The van der Waals surface area contributed by atoms with Crippen LogP contribution in [0.15, 0.2) is 28.7 Å². The van der Waals surface area contributed by atoms with Crippen molar-refractivity contribution in [3.8, 4) is 0 Å². The SMILES string of the molecule is O=C1O[C@H]([C@@H](O)CO)C(OCC(=O)c2ccc(Br)cc2)C1=O. The maximum Gasteiger partial charge on any atom is 0.378 e. The number of benzene rings is 1. The number of hydrogen-bond acceptors (Lipinski definition) is 7. The first-order valence-corrected chi connectivity index (χ1v) is 7.17. The van der Waals surface area contributed by atoms with Gasteiger partial charge in [-0.05, 0) is 12.1 Å². The summed E-state index contributed by atoms with van der Waals surface area (Å²) < 4.78 is 10.6. The third-order valence-electron chi connectivity index (χ3n) is 3.13. The van der Waals surface area contributed by atoms with E-state index in [-0.39, 0.29) is 0 Å². The normalized spacial score (nSPS) is 22.5. The Labute approximate surface area is 134 Å². The molecule has 1 unspecified atom stereocenters. The number of carbonyl (C=O) groups excluding carboxylic acids is 3. The van der Waals surface area contributed by atoms with E-state index in [1.807, 2.05) is 0 Å². The zero-order valence-electron chi connectivity index (χ0n) is 11.3. The van der Waals surface area contributed by atoms with E-state index in [4.69, 9.17) is 9.84 Å². The molecular weight excluding hydrogens is 360 g/mol. The molecule has 2 rings (SSSR count). The number of halogens is 1. The molecule has 0 saturated carbocycles. The van der Waals surface area contributed by atoms with Crippen molar-refractivity contribution in [2.45, 2.75) is 18.3 Å². The van der Waals surface area contributed by atoms with Crippen molar-refractivity contribution in [2.75, 3.05) is 13.2 Å². The monoisotopic (exact) mass is 372 g/mol. The summed E-state index contributed by atoms with van der Waals surface area (Å²) in [6.07, 6.45) is -4.18. The predicted molar refractivity (Wildman–Crippen MR) is 76.2 cm³/mol. The molecule has 1 aliphatic heterocycles. The van der Waals surface area contributed by atoms with Crippen molar-refractivity contribution in [1.29, 1.82) is 0 Å². The van der Waals surface area contributed by atoms with Crippen molar-refractivity contribution < 1.29 is 34.1 Å². The standard InChI is InChI=1S/C14H13BrO7/c15-8-3-1-7(2-4-8)10(18)6-21-13-11(19)14(20)22-12(13)9(17)5-16/h1-4,9,12-13,16-17H,5-6H2/t9-,12+,13?/m0/s1. The minimum Gasteiger partial charge on any atom is -0.450 e. The van der Waals surface area contributed by atoms with Gasteiger partial charge in [0.15, 0.2) is 18.0 Å². The fourth-order valence-electron chi connectivity index (χ4n) is 1.95. The van der Waals surface area contributed by atoms with E-state index in [2.05, 4.69) is 20.7 Å². The van der Waals surface area contributed by atoms with E-state index < -0.39 is 49.1 Å². The lowest BCUT2D eigenvalue weighted by molar-refractivity contribution is -0.152. The molecule has 0 amide bonds. The Bertz CT molecular complexity index is 583. The molecule has 1 aromatic rings. The molecule has 1 heterocycles. The largest absolute Gasteiger partial charge is 0.450 e. The molecule has 0 aliphatic carbocycles. The van der Waals surface area contributed by atoms with Crippen LogP contribution in [0.2, 0.25) is 0 Å². The Morgan fingerprint density at radius 2 is 1.95 bits per heavy atom. The summed E-state index contributed by atoms with van der Waals surface area (Å²) in [6, 6.07) is 6.51. The van der Waals surface area contributed by atoms with Gasteiger partial charge in [-0.25, -0.2) is 4.79 Å². The van der Waals surface area contributed by atoms with Gasteiger partial charge in [0.05, 0.1) is 6.61 Å². The van der Waals surface area contributed by atoms with Crippen LogP contribution in [0.4, 0.5) is 0 Å². The molecule has 0 spiro atoms. The molecule has 1 aliphatic rings. The van der Waals surface area contributed by atoms with Crippen molar-refractivity contribution in [2.24, 2.45) is 0 Å². The van der Waals surface area contributed by atoms with Crippen molar-refractivity contribution >= 4 is 33.5 Å². The third-order valence-corrected chi connectivity index (χ3v) is 3.66. The molecule has 1 saturated heterocycles. The first-order chi connectivity index (χ1) is 10.4. The second-order valence-corrected chi connectivity index (χ2v) is 5.56. The van der Waals surface area contributed by atoms with Crippen LogP contribution in [-0.2, 0) is 19.1 Å². The molecular formula is C14H13BrO7. The minimum atomic E-state index is -1.46. The number of Topliss-reactive ketones (excluding diaryl/α,β-unsaturated/α-hetero) is 2. The van der Waals surface area contributed by atoms with Crippen LogP contribution in [-0.4, -0.2) is 59.3 Å². The number of cyclic esters (lactones) is 1. The fraction of sp³-hybridized carbons (Fsp3) is 0.357. The summed E-state index contributed by atoms with van der Waals surface area (Å²) in [5, 5.41) is 18.4. The summed E-state index contributed by atoms with van der Waals surface area (Å²) in [7, 11) is 0. The topological polar surface area (TPSA) is 110 Å². The van der Waals surface area contributed by atoms with E-state index in [0.717, 1.165) is 4.47 Å². The quantitative estimate of drug-likeness (QED) is 0.406. The molecule has 3 atom stereocenters. The molecule has 1 aromatic carbocycles. The van der Waals surface area contributed by atoms with Gasteiger partial charge in [-0.2, -0.15) is 0 Å². The van der Waals surface area contributed by atoms with E-state index in [9.17, 15) is 19.5 Å². The number of aliphatic hydroxyl groups excluding tert-OH is 2. The Balaban J connectivity index is 2.02. The average Bonchev–Trinajstić information content (AvgIpc) is 2.80. The number of ketones is 2. The molecule has 22 heavy (non-hydrogen) atoms. The number of rotatable bonds is 6. The lowest BCUT2D eigenvalue weighted by atomic mass is 10.1. The highest BCUT2D eigenvalue weighted by molar-refractivity contribution is 9.10. The van der Waals surface area contributed by atoms with E-state index in [1.165, 1.54) is 0 Å². The Morgan fingerprint density at radius 1 is 1.32 bits per heavy atom. The molecule has 0 aromatic heterocycles. The number of hydrogen-bond donors (Lipinski definition) is 2. The van der Waals surface area contributed by atoms with Crippen LogP contribution in [0.5, 0.6) is 0 Å². The van der Waals surface area contributed by atoms with Crippen LogP contribution < -0.4 is 0 Å². The van der Waals surface area contributed by atoms with Crippen molar-refractivity contribution in [3.63, 3.8) is 0 Å². The zero-order valence-corrected chi connectivity index (χ0v) is 12.9. The van der Waals surface area contributed by atoms with Gasteiger partial charge < -0.3 is 19.7 Å². The van der Waals surface area contributed by atoms with E-state index in [0.29, 0.717) is 5.56 Å². The summed E-state index contributed by atoms with van der Waals surface area (Å²) in [5.74, 6) is -2.53. The highest BCUT2D eigenvalue weighted by Crippen LogP contribution is 2.19. The number of ether oxygens (including phenoxy) is 2. The molecule has 2 N–H and O–H groups in total. The van der Waals surface area contributed by atoms with Crippen molar-refractivity contribution in [3.05, 3.63) is 34.3 Å². The average molecular weight is 373 g/mol.